The van der Waals surface area contributed by atoms with Crippen LogP contribution in [0, 0.1) is 11.3 Å². The molecule has 2 heterocycles. The molecule has 3 aromatic rings. The topological polar surface area (TPSA) is 78.2 Å². The number of benzene rings is 1. The van der Waals surface area contributed by atoms with Gasteiger partial charge in [-0.15, -0.1) is 11.3 Å². The lowest BCUT2D eigenvalue weighted by molar-refractivity contribution is 1.09. The van der Waals surface area contributed by atoms with Gasteiger partial charge in [0.2, 0.25) is 0 Å². The van der Waals surface area contributed by atoms with Crippen molar-refractivity contribution >= 4 is 11.3 Å². The van der Waals surface area contributed by atoms with E-state index in [1.165, 1.54) is 17.7 Å². The molecular weight excluding hydrogens is 246 g/mol. The van der Waals surface area contributed by atoms with Crippen LogP contribution in [0.1, 0.15) is 5.56 Å². The summed E-state index contributed by atoms with van der Waals surface area (Å²) in [5.41, 5.74) is 2.39. The third-order valence-electron chi connectivity index (χ3n) is 2.41. The number of H-pyrrole nitrogens is 1. The lowest BCUT2D eigenvalue weighted by atomic mass is 10.1. The largest absolute Gasteiger partial charge is 0.257 e. The predicted molar refractivity (Wildman–Crippen MR) is 67.6 cm³/mol. The Morgan fingerprint density at radius 2 is 2.28 bits per heavy atom. The van der Waals surface area contributed by atoms with Gasteiger partial charge in [-0.05, 0) is 12.1 Å². The van der Waals surface area contributed by atoms with Crippen molar-refractivity contribution in [3.63, 3.8) is 0 Å². The first kappa shape index (κ1) is 10.6. The van der Waals surface area contributed by atoms with Crippen molar-refractivity contribution < 1.29 is 0 Å². The van der Waals surface area contributed by atoms with Crippen molar-refractivity contribution in [1.82, 2.24) is 20.2 Å². The summed E-state index contributed by atoms with van der Waals surface area (Å²) in [6, 6.07) is 9.49. The van der Waals surface area contributed by atoms with E-state index in [0.29, 0.717) is 11.4 Å². The van der Waals surface area contributed by atoms with Crippen molar-refractivity contribution in [2.75, 3.05) is 0 Å². The molecule has 0 aliphatic heterocycles. The van der Waals surface area contributed by atoms with Crippen LogP contribution < -0.4 is 0 Å². The number of aromatic amines is 1. The number of aromatic nitrogens is 4. The van der Waals surface area contributed by atoms with Gasteiger partial charge in [0, 0.05) is 10.9 Å². The van der Waals surface area contributed by atoms with Gasteiger partial charge >= 0.3 is 0 Å². The van der Waals surface area contributed by atoms with E-state index in [4.69, 9.17) is 5.26 Å². The van der Waals surface area contributed by atoms with E-state index in [9.17, 15) is 0 Å². The lowest BCUT2D eigenvalue weighted by Crippen LogP contribution is -1.82. The second kappa shape index (κ2) is 4.39. The van der Waals surface area contributed by atoms with Gasteiger partial charge in [-0.3, -0.25) is 5.10 Å². The number of nitrogens with one attached hydrogen (secondary N) is 1. The van der Waals surface area contributed by atoms with Crippen molar-refractivity contribution in [2.45, 2.75) is 0 Å². The molecule has 3 rings (SSSR count). The summed E-state index contributed by atoms with van der Waals surface area (Å²) < 4.78 is 0. The Kier molecular flexibility index (Phi) is 2.59. The molecule has 0 aliphatic rings. The molecular formula is C12H7N5S. The minimum absolute atomic E-state index is 0.627. The Morgan fingerprint density at radius 3 is 3.06 bits per heavy atom. The molecule has 0 fully saturated rings. The number of hydrogen-bond donors (Lipinski definition) is 1. The van der Waals surface area contributed by atoms with Crippen LogP contribution in [0.5, 0.6) is 0 Å². The van der Waals surface area contributed by atoms with Crippen molar-refractivity contribution in [3.8, 4) is 28.2 Å². The minimum atomic E-state index is 0.627. The molecule has 86 valence electrons. The standard InChI is InChI=1S/C12H7N5S/c13-5-8-2-1-3-9(4-8)10-6-18-12(16-10)11-14-7-15-17-11/h1-4,6-7H,(H,14,15,17). The SMILES string of the molecule is N#Cc1cccc(-c2csc(-c3ncn[nH]3)n2)c1. The fourth-order valence-electron chi connectivity index (χ4n) is 1.57. The first-order valence-electron chi connectivity index (χ1n) is 5.18. The second-order valence-corrected chi connectivity index (χ2v) is 4.42. The van der Waals surface area contributed by atoms with Crippen LogP contribution in [0.25, 0.3) is 22.1 Å². The summed E-state index contributed by atoms with van der Waals surface area (Å²) in [5.74, 6) is 0.655. The van der Waals surface area contributed by atoms with Crippen molar-refractivity contribution in [1.29, 1.82) is 5.26 Å². The first-order valence-corrected chi connectivity index (χ1v) is 6.06. The Balaban J connectivity index is 2.01. The van der Waals surface area contributed by atoms with Crippen LogP contribution in [-0.4, -0.2) is 20.2 Å². The summed E-state index contributed by atoms with van der Waals surface area (Å²) >= 11 is 1.49. The molecule has 1 aromatic carbocycles. The summed E-state index contributed by atoms with van der Waals surface area (Å²) in [6.45, 7) is 0. The Labute approximate surface area is 107 Å². The van der Waals surface area contributed by atoms with Gasteiger partial charge in [0.25, 0.3) is 0 Å². The van der Waals surface area contributed by atoms with Gasteiger partial charge in [0.1, 0.15) is 6.33 Å². The van der Waals surface area contributed by atoms with Gasteiger partial charge in [0.05, 0.1) is 17.3 Å². The quantitative estimate of drug-likeness (QED) is 0.761. The molecule has 0 saturated carbocycles. The Morgan fingerprint density at radius 1 is 1.33 bits per heavy atom. The number of thiazole rings is 1. The van der Waals surface area contributed by atoms with E-state index in [1.807, 2.05) is 23.6 Å². The van der Waals surface area contributed by atoms with Crippen LogP contribution in [0.3, 0.4) is 0 Å². The highest BCUT2D eigenvalue weighted by Gasteiger charge is 2.08. The summed E-state index contributed by atoms with van der Waals surface area (Å²) in [6.07, 6.45) is 1.45. The van der Waals surface area contributed by atoms with Crippen molar-refractivity contribution in [2.24, 2.45) is 0 Å². The second-order valence-electron chi connectivity index (χ2n) is 3.56. The highest BCUT2D eigenvalue weighted by molar-refractivity contribution is 7.13. The van der Waals surface area contributed by atoms with Crippen molar-refractivity contribution in [3.05, 3.63) is 41.5 Å². The van der Waals surface area contributed by atoms with Crippen LogP contribution in [-0.2, 0) is 0 Å². The van der Waals surface area contributed by atoms with Gasteiger partial charge in [-0.25, -0.2) is 9.97 Å². The molecule has 0 bridgehead atoms. The molecule has 6 heteroatoms. The Bertz CT molecular complexity index is 708. The monoisotopic (exact) mass is 253 g/mol. The smallest absolute Gasteiger partial charge is 0.184 e. The summed E-state index contributed by atoms with van der Waals surface area (Å²) in [4.78, 5) is 8.53. The zero-order valence-corrected chi connectivity index (χ0v) is 9.98. The lowest BCUT2D eigenvalue weighted by Gasteiger charge is -1.96. The highest BCUT2D eigenvalue weighted by atomic mass is 32.1. The molecule has 18 heavy (non-hydrogen) atoms. The number of nitrogens with zero attached hydrogens (tertiary/aromatic N) is 4. The molecule has 1 N–H and O–H groups in total. The number of hydrogen-bond acceptors (Lipinski definition) is 5. The molecule has 0 unspecified atom stereocenters. The van der Waals surface area contributed by atoms with Gasteiger partial charge in [0.15, 0.2) is 10.8 Å². The normalized spacial score (nSPS) is 10.2. The molecule has 0 saturated heterocycles. The third kappa shape index (κ3) is 1.87. The maximum atomic E-state index is 8.87. The maximum Gasteiger partial charge on any atom is 0.184 e. The van der Waals surface area contributed by atoms with E-state index in [2.05, 4.69) is 26.2 Å². The molecule has 0 spiro atoms. The molecule has 0 aliphatic carbocycles. The van der Waals surface area contributed by atoms with E-state index < -0.39 is 0 Å². The highest BCUT2D eigenvalue weighted by Crippen LogP contribution is 2.26. The molecule has 2 aromatic heterocycles. The molecule has 0 amide bonds. The summed E-state index contributed by atoms with van der Waals surface area (Å²) in [5, 5.41) is 18.2. The summed E-state index contributed by atoms with van der Waals surface area (Å²) in [7, 11) is 0. The fourth-order valence-corrected chi connectivity index (χ4v) is 2.34. The minimum Gasteiger partial charge on any atom is -0.257 e. The number of nitriles is 1. The zero-order chi connectivity index (χ0) is 12.4. The Hall–Kier alpha value is -2.52. The van der Waals surface area contributed by atoms with Crippen LogP contribution >= 0.6 is 11.3 Å². The van der Waals surface area contributed by atoms with E-state index >= 15 is 0 Å². The fraction of sp³-hybridized carbons (Fsp3) is 0. The average molecular weight is 253 g/mol. The number of rotatable bonds is 2. The molecule has 0 radical (unpaired) electrons. The van der Waals surface area contributed by atoms with E-state index in [1.54, 1.807) is 6.07 Å². The van der Waals surface area contributed by atoms with E-state index in [0.717, 1.165) is 16.3 Å². The molecule has 5 nitrogen and oxygen atoms in total. The maximum absolute atomic E-state index is 8.87. The van der Waals surface area contributed by atoms with Gasteiger partial charge in [-0.1, -0.05) is 12.1 Å². The van der Waals surface area contributed by atoms with Crippen LogP contribution in [0.2, 0.25) is 0 Å². The predicted octanol–water partition coefficient (Wildman–Crippen LogP) is 2.47. The van der Waals surface area contributed by atoms with E-state index in [-0.39, 0.29) is 0 Å². The van der Waals surface area contributed by atoms with Gasteiger partial charge < -0.3 is 0 Å². The average Bonchev–Trinajstić information content (AvgIpc) is 3.09. The third-order valence-corrected chi connectivity index (χ3v) is 3.26. The van der Waals surface area contributed by atoms with Crippen LogP contribution in [0.4, 0.5) is 0 Å². The zero-order valence-electron chi connectivity index (χ0n) is 9.16. The van der Waals surface area contributed by atoms with Crippen LogP contribution in [0.15, 0.2) is 36.0 Å². The molecule has 0 atom stereocenters. The first-order chi connectivity index (χ1) is 8.86. The van der Waals surface area contributed by atoms with Gasteiger partial charge in [-0.2, -0.15) is 10.4 Å².